The van der Waals surface area contributed by atoms with Crippen molar-refractivity contribution in [1.29, 1.82) is 0 Å². The molecule has 3 aromatic rings. The number of hydrogen-bond acceptors (Lipinski definition) is 4. The van der Waals surface area contributed by atoms with Crippen molar-refractivity contribution in [2.24, 2.45) is 0 Å². The molecule has 0 radical (unpaired) electrons. The van der Waals surface area contributed by atoms with E-state index >= 15 is 0 Å². The standard InChI is InChI=1S/C18H15Cl2N3O2/c1-21-18(24)14-7-6-13(8-15(14)20)22-10-17-23-9-16(25-17)11-2-4-12(19)5-3-11/h2-9,22H,10H2,1H3,(H,21,24). The van der Waals surface area contributed by atoms with Crippen molar-refractivity contribution in [2.75, 3.05) is 12.4 Å². The van der Waals surface area contributed by atoms with Crippen LogP contribution in [0.25, 0.3) is 11.3 Å². The van der Waals surface area contributed by atoms with Crippen molar-refractivity contribution in [3.05, 3.63) is 70.2 Å². The first-order valence-electron chi connectivity index (χ1n) is 7.53. The summed E-state index contributed by atoms with van der Waals surface area (Å²) in [6.07, 6.45) is 1.67. The first-order valence-corrected chi connectivity index (χ1v) is 8.28. The molecule has 0 unspecified atom stereocenters. The van der Waals surface area contributed by atoms with Gasteiger partial charge in [0.25, 0.3) is 5.91 Å². The minimum atomic E-state index is -0.225. The van der Waals surface area contributed by atoms with E-state index in [1.807, 2.05) is 12.1 Å². The topological polar surface area (TPSA) is 67.2 Å². The van der Waals surface area contributed by atoms with Gasteiger partial charge in [0.05, 0.1) is 23.3 Å². The van der Waals surface area contributed by atoms with Gasteiger partial charge in [0.1, 0.15) is 0 Å². The Hall–Kier alpha value is -2.50. The molecule has 0 aliphatic rings. The first kappa shape index (κ1) is 17.3. The van der Waals surface area contributed by atoms with E-state index in [2.05, 4.69) is 15.6 Å². The SMILES string of the molecule is CNC(=O)c1ccc(NCc2ncc(-c3ccc(Cl)cc3)o2)cc1Cl. The van der Waals surface area contributed by atoms with Gasteiger partial charge in [0.15, 0.2) is 5.76 Å². The van der Waals surface area contributed by atoms with Crippen molar-refractivity contribution in [2.45, 2.75) is 6.54 Å². The summed E-state index contributed by atoms with van der Waals surface area (Å²) in [4.78, 5) is 15.9. The Morgan fingerprint density at radius 1 is 1.16 bits per heavy atom. The lowest BCUT2D eigenvalue weighted by Crippen LogP contribution is -2.18. The maximum absolute atomic E-state index is 11.6. The van der Waals surface area contributed by atoms with Gasteiger partial charge in [-0.1, -0.05) is 23.2 Å². The highest BCUT2D eigenvalue weighted by Gasteiger charge is 2.10. The van der Waals surface area contributed by atoms with E-state index in [4.69, 9.17) is 27.6 Å². The lowest BCUT2D eigenvalue weighted by Gasteiger charge is -2.07. The number of hydrogen-bond donors (Lipinski definition) is 2. The third-order valence-electron chi connectivity index (χ3n) is 3.57. The van der Waals surface area contributed by atoms with Crippen LogP contribution in [-0.4, -0.2) is 17.9 Å². The van der Waals surface area contributed by atoms with Crippen molar-refractivity contribution < 1.29 is 9.21 Å². The number of aromatic nitrogens is 1. The fourth-order valence-corrected chi connectivity index (χ4v) is 2.65. The summed E-state index contributed by atoms with van der Waals surface area (Å²) in [6, 6.07) is 12.5. The molecule has 0 saturated carbocycles. The summed E-state index contributed by atoms with van der Waals surface area (Å²) in [7, 11) is 1.56. The second-order valence-corrected chi connectivity index (χ2v) is 6.10. The molecule has 25 heavy (non-hydrogen) atoms. The molecule has 0 fully saturated rings. The zero-order valence-electron chi connectivity index (χ0n) is 13.3. The van der Waals surface area contributed by atoms with Crippen LogP contribution in [0.2, 0.25) is 10.0 Å². The Morgan fingerprint density at radius 2 is 1.92 bits per heavy atom. The highest BCUT2D eigenvalue weighted by molar-refractivity contribution is 6.34. The van der Waals surface area contributed by atoms with Crippen LogP contribution in [-0.2, 0) is 6.54 Å². The van der Waals surface area contributed by atoms with Gasteiger partial charge in [-0.2, -0.15) is 0 Å². The van der Waals surface area contributed by atoms with Crippen LogP contribution in [0.4, 0.5) is 5.69 Å². The maximum Gasteiger partial charge on any atom is 0.252 e. The number of carbonyl (C=O) groups excluding carboxylic acids is 1. The highest BCUT2D eigenvalue weighted by Crippen LogP contribution is 2.24. The van der Waals surface area contributed by atoms with Gasteiger partial charge >= 0.3 is 0 Å². The molecule has 0 aliphatic heterocycles. The molecule has 1 aromatic heterocycles. The van der Waals surface area contributed by atoms with E-state index in [9.17, 15) is 4.79 Å². The molecule has 0 atom stereocenters. The Labute approximate surface area is 155 Å². The molecule has 7 heteroatoms. The summed E-state index contributed by atoms with van der Waals surface area (Å²) in [6.45, 7) is 0.392. The summed E-state index contributed by atoms with van der Waals surface area (Å²) < 4.78 is 5.73. The van der Waals surface area contributed by atoms with E-state index in [1.165, 1.54) is 0 Å². The van der Waals surface area contributed by atoms with Gasteiger partial charge in [-0.05, 0) is 42.5 Å². The van der Waals surface area contributed by atoms with E-state index in [1.54, 1.807) is 43.6 Å². The summed E-state index contributed by atoms with van der Waals surface area (Å²) >= 11 is 12.0. The predicted molar refractivity (Wildman–Crippen MR) is 99.1 cm³/mol. The Bertz CT molecular complexity index is 892. The van der Waals surface area contributed by atoms with Gasteiger partial charge in [-0.3, -0.25) is 4.79 Å². The number of halogens is 2. The minimum Gasteiger partial charge on any atom is -0.439 e. The third kappa shape index (κ3) is 4.13. The second-order valence-electron chi connectivity index (χ2n) is 5.25. The zero-order chi connectivity index (χ0) is 17.8. The molecule has 3 rings (SSSR count). The number of rotatable bonds is 5. The Balaban J connectivity index is 1.67. The largest absolute Gasteiger partial charge is 0.439 e. The molecule has 2 aromatic carbocycles. The van der Waals surface area contributed by atoms with Crippen LogP contribution < -0.4 is 10.6 Å². The van der Waals surface area contributed by atoms with E-state index < -0.39 is 0 Å². The lowest BCUT2D eigenvalue weighted by molar-refractivity contribution is 0.0963. The number of nitrogens with one attached hydrogen (secondary N) is 2. The molecule has 2 N–H and O–H groups in total. The average Bonchev–Trinajstić information content (AvgIpc) is 3.09. The fourth-order valence-electron chi connectivity index (χ4n) is 2.26. The minimum absolute atomic E-state index is 0.225. The lowest BCUT2D eigenvalue weighted by atomic mass is 10.2. The molecule has 0 spiro atoms. The number of carbonyl (C=O) groups is 1. The zero-order valence-corrected chi connectivity index (χ0v) is 14.9. The number of amides is 1. The van der Waals surface area contributed by atoms with Gasteiger partial charge < -0.3 is 15.1 Å². The van der Waals surface area contributed by atoms with Crippen molar-refractivity contribution in [3.8, 4) is 11.3 Å². The first-order chi connectivity index (χ1) is 12.1. The summed E-state index contributed by atoms with van der Waals surface area (Å²) in [5.74, 6) is 0.981. The van der Waals surface area contributed by atoms with Crippen LogP contribution in [0.3, 0.4) is 0 Å². The quantitative estimate of drug-likeness (QED) is 0.682. The summed E-state index contributed by atoms with van der Waals surface area (Å²) in [5, 5.41) is 6.75. The van der Waals surface area contributed by atoms with Crippen LogP contribution >= 0.6 is 23.2 Å². The maximum atomic E-state index is 11.6. The summed E-state index contributed by atoms with van der Waals surface area (Å²) in [5.41, 5.74) is 2.10. The molecule has 128 valence electrons. The van der Waals surface area contributed by atoms with Crippen LogP contribution in [0, 0.1) is 0 Å². The molecular formula is C18H15Cl2N3O2. The number of oxazole rings is 1. The number of benzene rings is 2. The fraction of sp³-hybridized carbons (Fsp3) is 0.111. The molecule has 1 amide bonds. The second kappa shape index (κ2) is 7.59. The van der Waals surface area contributed by atoms with Crippen LogP contribution in [0.15, 0.2) is 53.1 Å². The van der Waals surface area contributed by atoms with Crippen molar-refractivity contribution >= 4 is 34.8 Å². The van der Waals surface area contributed by atoms with Gasteiger partial charge in [0, 0.05) is 23.3 Å². The average molecular weight is 376 g/mol. The van der Waals surface area contributed by atoms with Crippen LogP contribution in [0.1, 0.15) is 16.2 Å². The van der Waals surface area contributed by atoms with Gasteiger partial charge in [-0.15, -0.1) is 0 Å². The predicted octanol–water partition coefficient (Wildman–Crippen LogP) is 4.62. The highest BCUT2D eigenvalue weighted by atomic mass is 35.5. The molecule has 5 nitrogen and oxygen atoms in total. The molecule has 0 aliphatic carbocycles. The molecule has 0 saturated heterocycles. The normalized spacial score (nSPS) is 10.5. The molecule has 0 bridgehead atoms. The monoisotopic (exact) mass is 375 g/mol. The number of nitrogens with zero attached hydrogens (tertiary/aromatic N) is 1. The van der Waals surface area contributed by atoms with E-state index in [0.717, 1.165) is 11.3 Å². The van der Waals surface area contributed by atoms with Crippen molar-refractivity contribution in [1.82, 2.24) is 10.3 Å². The van der Waals surface area contributed by atoms with Crippen LogP contribution in [0.5, 0.6) is 0 Å². The number of anilines is 1. The Kier molecular flexibility index (Phi) is 5.26. The third-order valence-corrected chi connectivity index (χ3v) is 4.13. The van der Waals surface area contributed by atoms with Gasteiger partial charge in [-0.25, -0.2) is 4.98 Å². The van der Waals surface area contributed by atoms with E-state index in [-0.39, 0.29) is 5.91 Å². The van der Waals surface area contributed by atoms with E-state index in [0.29, 0.717) is 33.8 Å². The molecule has 1 heterocycles. The van der Waals surface area contributed by atoms with Gasteiger partial charge in [0.2, 0.25) is 5.89 Å². The molecular weight excluding hydrogens is 361 g/mol. The smallest absolute Gasteiger partial charge is 0.252 e. The Morgan fingerprint density at radius 3 is 2.60 bits per heavy atom. The van der Waals surface area contributed by atoms with Crippen molar-refractivity contribution in [3.63, 3.8) is 0 Å².